The Labute approximate surface area is 218 Å². The van der Waals surface area contributed by atoms with Gasteiger partial charge in [0.15, 0.2) is 12.4 Å². The number of carbonyl (C=O) groups excluding carboxylic acids is 4. The predicted octanol–water partition coefficient (Wildman–Crippen LogP) is 4.73. The van der Waals surface area contributed by atoms with Crippen molar-refractivity contribution in [3.63, 3.8) is 0 Å². The molecule has 0 unspecified atom stereocenters. The number of carbonyl (C=O) groups is 4. The smallest absolute Gasteiger partial charge is 0.343 e. The summed E-state index contributed by atoms with van der Waals surface area (Å²) < 4.78 is 15.7. The third kappa shape index (κ3) is 7.00. The Morgan fingerprint density at radius 1 is 1.17 bits per heavy atom. The Morgan fingerprint density at radius 3 is 2.51 bits per heavy atom. The topological polar surface area (TPSA) is 111 Å². The Kier molecular flexibility index (Phi) is 9.19. The van der Waals surface area contributed by atoms with E-state index in [0.29, 0.717) is 39.8 Å². The molecule has 9 nitrogen and oxygen atoms in total. The van der Waals surface area contributed by atoms with Crippen LogP contribution in [0.4, 0.5) is 10.5 Å². The minimum Gasteiger partial charge on any atom is -0.494 e. The van der Waals surface area contributed by atoms with Crippen molar-refractivity contribution in [1.29, 1.82) is 0 Å². The molecule has 0 aromatic heterocycles. The first-order valence-electron chi connectivity index (χ1n) is 10.2. The van der Waals surface area contributed by atoms with E-state index >= 15 is 0 Å². The van der Waals surface area contributed by atoms with Gasteiger partial charge < -0.3 is 19.5 Å². The number of hydrogen-bond donors (Lipinski definition) is 1. The van der Waals surface area contributed by atoms with E-state index in [1.54, 1.807) is 30.3 Å². The number of esters is 1. The molecule has 1 fully saturated rings. The van der Waals surface area contributed by atoms with E-state index in [1.807, 2.05) is 6.92 Å². The molecular formula is C23H20BrClN2O7S. The Hall–Kier alpha value is -3.02. The average molecular weight is 584 g/mol. The number of halogens is 2. The standard InChI is InChI=1S/C23H20BrClN2O7S/c1-3-33-15-6-4-14(5-7-15)26-19(28)11-27-22(30)18(35-23(27)31)10-13-8-16(24)21(17(25)9-13)34-12-20(29)32-2/h4-10H,3,11-12H2,1-2H3,(H,26,28)/b18-10+. The summed E-state index contributed by atoms with van der Waals surface area (Å²) in [5.74, 6) is -0.794. The summed E-state index contributed by atoms with van der Waals surface area (Å²) in [5.41, 5.74) is 1.02. The normalized spacial score (nSPS) is 14.3. The fourth-order valence-electron chi connectivity index (χ4n) is 2.92. The van der Waals surface area contributed by atoms with Crippen molar-refractivity contribution in [2.24, 2.45) is 0 Å². The maximum absolute atomic E-state index is 12.8. The maximum Gasteiger partial charge on any atom is 0.343 e. The van der Waals surface area contributed by atoms with Gasteiger partial charge in [0, 0.05) is 5.69 Å². The minimum atomic E-state index is -0.597. The summed E-state index contributed by atoms with van der Waals surface area (Å²) in [6, 6.07) is 9.87. The number of anilines is 1. The number of rotatable bonds is 9. The zero-order valence-corrected chi connectivity index (χ0v) is 21.8. The fourth-order valence-corrected chi connectivity index (χ4v) is 4.75. The first-order valence-corrected chi connectivity index (χ1v) is 12.2. The van der Waals surface area contributed by atoms with E-state index in [-0.39, 0.29) is 22.3 Å². The summed E-state index contributed by atoms with van der Waals surface area (Å²) in [4.78, 5) is 49.9. The summed E-state index contributed by atoms with van der Waals surface area (Å²) in [5, 5.41) is 2.27. The van der Waals surface area contributed by atoms with Gasteiger partial charge in [0.25, 0.3) is 11.1 Å². The maximum atomic E-state index is 12.8. The molecular weight excluding hydrogens is 564 g/mol. The fraction of sp³-hybridized carbons (Fsp3) is 0.217. The molecule has 0 bridgehead atoms. The number of benzene rings is 2. The lowest BCUT2D eigenvalue weighted by Crippen LogP contribution is -2.36. The predicted molar refractivity (Wildman–Crippen MR) is 136 cm³/mol. The Balaban J connectivity index is 1.67. The van der Waals surface area contributed by atoms with Crippen molar-refractivity contribution in [3.05, 3.63) is 56.4 Å². The van der Waals surface area contributed by atoms with E-state index in [9.17, 15) is 19.2 Å². The second kappa shape index (κ2) is 12.1. The van der Waals surface area contributed by atoms with Crippen LogP contribution in [0.25, 0.3) is 6.08 Å². The molecule has 1 heterocycles. The van der Waals surface area contributed by atoms with Gasteiger partial charge in [0.1, 0.15) is 12.3 Å². The van der Waals surface area contributed by atoms with Gasteiger partial charge in [-0.25, -0.2) is 4.79 Å². The highest BCUT2D eigenvalue weighted by Gasteiger charge is 2.36. The van der Waals surface area contributed by atoms with E-state index in [0.717, 1.165) is 4.90 Å². The quantitative estimate of drug-likeness (QED) is 0.333. The molecule has 1 aliphatic heterocycles. The molecule has 0 saturated carbocycles. The van der Waals surface area contributed by atoms with Gasteiger partial charge in [0.05, 0.1) is 28.1 Å². The molecule has 2 aromatic carbocycles. The number of amides is 3. The lowest BCUT2D eigenvalue weighted by Gasteiger charge is -2.13. The number of methoxy groups -OCH3 is 1. The molecule has 3 amide bonds. The molecule has 0 radical (unpaired) electrons. The number of hydrogen-bond acceptors (Lipinski definition) is 8. The Morgan fingerprint density at radius 2 is 1.89 bits per heavy atom. The van der Waals surface area contributed by atoms with Gasteiger partial charge in [-0.1, -0.05) is 11.6 Å². The van der Waals surface area contributed by atoms with Crippen LogP contribution >= 0.6 is 39.3 Å². The van der Waals surface area contributed by atoms with Crippen LogP contribution in [0.2, 0.25) is 5.02 Å². The van der Waals surface area contributed by atoms with Crippen molar-refractivity contribution in [1.82, 2.24) is 4.90 Å². The van der Waals surface area contributed by atoms with E-state index < -0.39 is 29.6 Å². The lowest BCUT2D eigenvalue weighted by atomic mass is 10.2. The van der Waals surface area contributed by atoms with Crippen LogP contribution in [0.5, 0.6) is 11.5 Å². The summed E-state index contributed by atoms with van der Waals surface area (Å²) in [7, 11) is 1.24. The van der Waals surface area contributed by atoms with Crippen LogP contribution in [-0.2, 0) is 19.1 Å². The molecule has 12 heteroatoms. The van der Waals surface area contributed by atoms with Crippen molar-refractivity contribution in [3.8, 4) is 11.5 Å². The van der Waals surface area contributed by atoms with Crippen molar-refractivity contribution >= 4 is 74.1 Å². The van der Waals surface area contributed by atoms with Crippen LogP contribution in [0.1, 0.15) is 12.5 Å². The molecule has 1 saturated heterocycles. The van der Waals surface area contributed by atoms with Crippen LogP contribution in [0, 0.1) is 0 Å². The zero-order valence-electron chi connectivity index (χ0n) is 18.6. The third-order valence-corrected chi connectivity index (χ3v) is 6.28. The highest BCUT2D eigenvalue weighted by atomic mass is 79.9. The molecule has 1 aliphatic rings. The van der Waals surface area contributed by atoms with Gasteiger partial charge >= 0.3 is 5.97 Å². The molecule has 184 valence electrons. The van der Waals surface area contributed by atoms with Gasteiger partial charge in [-0.05, 0) is 82.7 Å². The average Bonchev–Trinajstić information content (AvgIpc) is 3.07. The molecule has 0 aliphatic carbocycles. The minimum absolute atomic E-state index is 0.134. The van der Waals surface area contributed by atoms with Gasteiger partial charge in [0.2, 0.25) is 5.91 Å². The Bertz CT molecular complexity index is 1160. The molecule has 1 N–H and O–H groups in total. The molecule has 0 atom stereocenters. The summed E-state index contributed by atoms with van der Waals surface area (Å²) in [6.07, 6.45) is 1.48. The largest absolute Gasteiger partial charge is 0.494 e. The highest BCUT2D eigenvalue weighted by Crippen LogP contribution is 2.37. The second-order valence-corrected chi connectivity index (χ2v) is 9.21. The number of imide groups is 1. The van der Waals surface area contributed by atoms with Crippen molar-refractivity contribution < 1.29 is 33.4 Å². The van der Waals surface area contributed by atoms with Gasteiger partial charge in [-0.2, -0.15) is 0 Å². The van der Waals surface area contributed by atoms with Crippen LogP contribution in [-0.4, -0.2) is 54.8 Å². The van der Waals surface area contributed by atoms with Crippen LogP contribution in [0.3, 0.4) is 0 Å². The monoisotopic (exact) mass is 582 g/mol. The summed E-state index contributed by atoms with van der Waals surface area (Å²) >= 11 is 10.3. The lowest BCUT2D eigenvalue weighted by molar-refractivity contribution is -0.142. The van der Waals surface area contributed by atoms with Gasteiger partial charge in [-0.3, -0.25) is 19.3 Å². The SMILES string of the molecule is CCOc1ccc(NC(=O)CN2C(=O)S/C(=C/c3cc(Cl)c(OCC(=O)OC)c(Br)c3)C2=O)cc1. The third-order valence-electron chi connectivity index (χ3n) is 4.50. The first-order chi connectivity index (χ1) is 16.7. The van der Waals surface area contributed by atoms with E-state index in [4.69, 9.17) is 21.1 Å². The number of ether oxygens (including phenoxy) is 3. The first kappa shape index (κ1) is 26.6. The number of nitrogens with zero attached hydrogens (tertiary/aromatic N) is 1. The highest BCUT2D eigenvalue weighted by molar-refractivity contribution is 9.10. The van der Waals surface area contributed by atoms with E-state index in [2.05, 4.69) is 26.0 Å². The summed E-state index contributed by atoms with van der Waals surface area (Å²) in [6.45, 7) is 1.63. The number of thioether (sulfide) groups is 1. The molecule has 35 heavy (non-hydrogen) atoms. The molecule has 0 spiro atoms. The van der Waals surface area contributed by atoms with Gasteiger partial charge in [-0.15, -0.1) is 0 Å². The zero-order chi connectivity index (χ0) is 25.5. The second-order valence-electron chi connectivity index (χ2n) is 6.95. The molecule has 2 aromatic rings. The van der Waals surface area contributed by atoms with Crippen molar-refractivity contribution in [2.75, 3.05) is 32.2 Å². The molecule has 3 rings (SSSR count). The van der Waals surface area contributed by atoms with Crippen molar-refractivity contribution in [2.45, 2.75) is 6.92 Å². The van der Waals surface area contributed by atoms with E-state index in [1.165, 1.54) is 19.3 Å². The number of nitrogens with one attached hydrogen (secondary N) is 1. The van der Waals surface area contributed by atoms with Crippen LogP contribution in [0.15, 0.2) is 45.8 Å². The van der Waals surface area contributed by atoms with Crippen LogP contribution < -0.4 is 14.8 Å².